The highest BCUT2D eigenvalue weighted by molar-refractivity contribution is 5.46. The third-order valence-electron chi connectivity index (χ3n) is 1.70. The molecular weight excluding hydrogens is 184 g/mol. The van der Waals surface area contributed by atoms with Gasteiger partial charge in [-0.15, -0.1) is 5.01 Å². The maximum absolute atomic E-state index is 10.8. The van der Waals surface area contributed by atoms with Crippen LogP contribution in [0.2, 0.25) is 0 Å². The van der Waals surface area contributed by atoms with Crippen molar-refractivity contribution in [2.45, 2.75) is 0 Å². The Morgan fingerprint density at radius 1 is 1.43 bits per heavy atom. The zero-order valence-corrected chi connectivity index (χ0v) is 7.41. The van der Waals surface area contributed by atoms with Crippen LogP contribution in [-0.2, 0) is 0 Å². The van der Waals surface area contributed by atoms with Crippen molar-refractivity contribution >= 4 is 5.69 Å². The first kappa shape index (κ1) is 9.80. The number of hydrogen-bond donors (Lipinski definition) is 0. The van der Waals surface area contributed by atoms with Crippen LogP contribution in [0.15, 0.2) is 29.5 Å². The van der Waals surface area contributed by atoms with Crippen molar-refractivity contribution in [3.05, 3.63) is 40.2 Å². The number of benzene rings is 1. The zero-order valence-electron chi connectivity index (χ0n) is 7.41. The molecule has 0 aliphatic carbocycles. The third kappa shape index (κ3) is 1.90. The molecule has 0 N–H and O–H groups in total. The van der Waals surface area contributed by atoms with E-state index >= 15 is 0 Å². The van der Waals surface area contributed by atoms with Gasteiger partial charge in [-0.2, -0.15) is 5.26 Å². The van der Waals surface area contributed by atoms with Crippen LogP contribution in [0.1, 0.15) is 5.56 Å². The second-order valence-corrected chi connectivity index (χ2v) is 2.52. The van der Waals surface area contributed by atoms with E-state index in [2.05, 4.69) is 5.28 Å². The summed E-state index contributed by atoms with van der Waals surface area (Å²) in [4.78, 5) is -0.0820. The monoisotopic (exact) mass is 191 g/mol. The summed E-state index contributed by atoms with van der Waals surface area (Å²) in [5.41, 5.74) is 0.970. The fraction of sp³-hybridized carbons (Fsp3) is 0.125. The summed E-state index contributed by atoms with van der Waals surface area (Å²) in [6.07, 6.45) is 0. The average Bonchev–Trinajstić information content (AvgIpc) is 2.27. The minimum Gasteiger partial charge on any atom is -0.737 e. The van der Waals surface area contributed by atoms with Crippen molar-refractivity contribution in [1.82, 2.24) is 0 Å². The molecule has 0 spiro atoms. The first-order valence-corrected chi connectivity index (χ1v) is 3.73. The summed E-state index contributed by atoms with van der Waals surface area (Å²) in [7, 11) is 1.40. The molecule has 6 heteroatoms. The van der Waals surface area contributed by atoms with Crippen LogP contribution in [0.3, 0.4) is 0 Å². The van der Waals surface area contributed by atoms with Gasteiger partial charge in [0.25, 0.3) is 0 Å². The third-order valence-corrected chi connectivity index (χ3v) is 1.70. The van der Waals surface area contributed by atoms with Gasteiger partial charge in [-0.3, -0.25) is 0 Å². The first-order valence-electron chi connectivity index (χ1n) is 3.73. The average molecular weight is 191 g/mol. The summed E-state index contributed by atoms with van der Waals surface area (Å²) < 4.78 is 0. The fourth-order valence-electron chi connectivity index (χ4n) is 0.905. The number of nitriles is 1. The van der Waals surface area contributed by atoms with Crippen molar-refractivity contribution < 1.29 is 4.97 Å². The predicted octanol–water partition coefficient (Wildman–Crippen LogP) is 1.37. The summed E-state index contributed by atoms with van der Waals surface area (Å²) >= 11 is 0. The quantitative estimate of drug-likeness (QED) is 0.401. The summed E-state index contributed by atoms with van der Waals surface area (Å²) in [5, 5.41) is 32.4. The molecule has 0 saturated heterocycles. The number of anilines is 1. The van der Waals surface area contributed by atoms with Crippen LogP contribution < -0.4 is 5.01 Å². The number of rotatable bonds is 2. The highest BCUT2D eigenvalue weighted by atomic mass is 16.6. The molecule has 1 aromatic carbocycles. The maximum atomic E-state index is 10.8. The summed E-state index contributed by atoms with van der Waals surface area (Å²) in [6, 6.07) is 8.13. The largest absolute Gasteiger partial charge is 0.737 e. The molecule has 0 fully saturated rings. The Kier molecular flexibility index (Phi) is 2.86. The van der Waals surface area contributed by atoms with Crippen molar-refractivity contribution in [3.63, 3.8) is 0 Å². The molecular formula is C8H7N4O2-. The van der Waals surface area contributed by atoms with E-state index in [0.29, 0.717) is 11.3 Å². The van der Waals surface area contributed by atoms with Gasteiger partial charge in [0.05, 0.1) is 18.7 Å². The maximum Gasteiger partial charge on any atom is 0.103 e. The van der Waals surface area contributed by atoms with Crippen LogP contribution in [0, 0.1) is 21.7 Å². The first-order chi connectivity index (χ1) is 6.69. The molecule has 14 heavy (non-hydrogen) atoms. The van der Waals surface area contributed by atoms with E-state index in [9.17, 15) is 10.4 Å². The van der Waals surface area contributed by atoms with Crippen molar-refractivity contribution in [2.75, 3.05) is 12.1 Å². The van der Waals surface area contributed by atoms with E-state index in [-0.39, 0.29) is 4.97 Å². The normalized spacial score (nSPS) is 10.7. The van der Waals surface area contributed by atoms with Crippen molar-refractivity contribution in [1.29, 1.82) is 5.26 Å². The van der Waals surface area contributed by atoms with Gasteiger partial charge < -0.3 is 10.4 Å². The van der Waals surface area contributed by atoms with Gasteiger partial charge in [0, 0.05) is 4.97 Å². The van der Waals surface area contributed by atoms with E-state index in [1.807, 2.05) is 6.07 Å². The standard InChI is InChI=1S/C8H8N4O2/c1-11(12(14)10-13)8-4-2-7(6-9)3-5-8/h2-5,13H,1H3/p-1/b12-10-. The zero-order chi connectivity index (χ0) is 10.6. The second-order valence-electron chi connectivity index (χ2n) is 2.52. The van der Waals surface area contributed by atoms with Gasteiger partial charge in [0.15, 0.2) is 0 Å². The molecule has 0 saturated carbocycles. The topological polar surface area (TPSA) is 88.5 Å². The van der Waals surface area contributed by atoms with Crippen LogP contribution >= 0.6 is 0 Å². The van der Waals surface area contributed by atoms with E-state index in [4.69, 9.17) is 5.26 Å². The van der Waals surface area contributed by atoms with Gasteiger partial charge in [-0.1, -0.05) is 0 Å². The lowest BCUT2D eigenvalue weighted by Gasteiger charge is -2.13. The van der Waals surface area contributed by atoms with E-state index in [1.54, 1.807) is 24.3 Å². The highest BCUT2D eigenvalue weighted by Gasteiger charge is 2.06. The Morgan fingerprint density at radius 2 is 2.00 bits per heavy atom. The minimum absolute atomic E-state index is 0.0820. The molecule has 0 unspecified atom stereocenters. The summed E-state index contributed by atoms with van der Waals surface area (Å²) in [5.74, 6) is 0. The molecule has 0 amide bonds. The molecule has 0 heterocycles. The molecule has 72 valence electrons. The van der Waals surface area contributed by atoms with Gasteiger partial charge in [0.2, 0.25) is 0 Å². The van der Waals surface area contributed by atoms with E-state index < -0.39 is 0 Å². The SMILES string of the molecule is CN(c1ccc(C#N)cc1)/[N+]([O-])=N/[O-]. The Labute approximate surface area is 80.4 Å². The van der Waals surface area contributed by atoms with Crippen LogP contribution in [0.5, 0.6) is 0 Å². The molecule has 0 radical (unpaired) electrons. The Hall–Kier alpha value is -2.29. The van der Waals surface area contributed by atoms with Crippen molar-refractivity contribution in [3.8, 4) is 6.07 Å². The Bertz CT molecular complexity index is 379. The van der Waals surface area contributed by atoms with E-state index in [1.165, 1.54) is 7.05 Å². The number of hydrogen-bond acceptors (Lipinski definition) is 4. The van der Waals surface area contributed by atoms with E-state index in [0.717, 1.165) is 5.01 Å². The fourth-order valence-corrected chi connectivity index (χ4v) is 0.905. The summed E-state index contributed by atoms with van der Waals surface area (Å²) in [6.45, 7) is 0. The smallest absolute Gasteiger partial charge is 0.103 e. The lowest BCUT2D eigenvalue weighted by atomic mass is 10.2. The number of nitrogens with zero attached hydrogens (tertiary/aromatic N) is 4. The van der Waals surface area contributed by atoms with Gasteiger partial charge in [-0.05, 0) is 29.5 Å². The van der Waals surface area contributed by atoms with Crippen LogP contribution in [0.25, 0.3) is 0 Å². The second kappa shape index (κ2) is 4.09. The molecule has 0 bridgehead atoms. The molecule has 6 nitrogen and oxygen atoms in total. The molecule has 0 aliphatic rings. The molecule has 0 aliphatic heterocycles. The molecule has 1 aromatic rings. The van der Waals surface area contributed by atoms with Gasteiger partial charge in [0.1, 0.15) is 5.69 Å². The minimum atomic E-state index is -0.0820. The Morgan fingerprint density at radius 3 is 2.43 bits per heavy atom. The lowest BCUT2D eigenvalue weighted by molar-refractivity contribution is -0.535. The number of hydrazine groups is 1. The molecule has 1 rings (SSSR count). The molecule has 0 atom stereocenters. The lowest BCUT2D eigenvalue weighted by Crippen LogP contribution is -2.24. The van der Waals surface area contributed by atoms with Gasteiger partial charge in [-0.25, -0.2) is 0 Å². The molecule has 0 aromatic heterocycles. The van der Waals surface area contributed by atoms with Crippen LogP contribution in [0.4, 0.5) is 5.69 Å². The van der Waals surface area contributed by atoms with Gasteiger partial charge >= 0.3 is 0 Å². The van der Waals surface area contributed by atoms with Crippen LogP contribution in [-0.4, -0.2) is 12.0 Å². The Balaban J connectivity index is 2.93. The predicted molar refractivity (Wildman–Crippen MR) is 49.0 cm³/mol. The highest BCUT2D eigenvalue weighted by Crippen LogP contribution is 2.13. The van der Waals surface area contributed by atoms with Crippen molar-refractivity contribution in [2.24, 2.45) is 5.28 Å².